The van der Waals surface area contributed by atoms with E-state index in [1.165, 1.54) is 0 Å². The summed E-state index contributed by atoms with van der Waals surface area (Å²) in [6, 6.07) is 8.14. The minimum Gasteiger partial charge on any atom is -0.479 e. The van der Waals surface area contributed by atoms with Gasteiger partial charge in [0.2, 0.25) is 0 Å². The summed E-state index contributed by atoms with van der Waals surface area (Å²) >= 11 is 0. The summed E-state index contributed by atoms with van der Waals surface area (Å²) in [6.45, 7) is 19.2. The lowest BCUT2D eigenvalue weighted by molar-refractivity contribution is -0.217. The molecule has 0 bridgehead atoms. The highest BCUT2D eigenvalue weighted by Gasteiger charge is 2.56. The van der Waals surface area contributed by atoms with Crippen LogP contribution >= 0.6 is 0 Å². The van der Waals surface area contributed by atoms with Crippen LogP contribution < -0.4 is 5.54 Å². The molecule has 11 heteroatoms. The zero-order valence-electron chi connectivity index (χ0n) is 24.3. The molecule has 0 aliphatic carbocycles. The molecule has 0 saturated carbocycles. The van der Waals surface area contributed by atoms with E-state index in [0.29, 0.717) is 0 Å². The first-order valence-corrected chi connectivity index (χ1v) is 21.9. The monoisotopic (exact) mass is 567 g/mol. The number of hydrogen-bond acceptors (Lipinski definition) is 6. The third-order valence-electron chi connectivity index (χ3n) is 9.11. The fourth-order valence-electron chi connectivity index (χ4n) is 5.62. The molecule has 1 rings (SSSR count). The fraction of sp³-hybridized carbons (Fsp3) is 0.960. The maximum Gasteiger partial charge on any atom is 0.335 e. The van der Waals surface area contributed by atoms with Crippen molar-refractivity contribution < 1.29 is 32.4 Å². The van der Waals surface area contributed by atoms with Crippen molar-refractivity contribution in [1.29, 1.82) is 0 Å². The second kappa shape index (κ2) is 15.4. The molecule has 0 spiro atoms. The van der Waals surface area contributed by atoms with Gasteiger partial charge in [0, 0.05) is 0 Å². The van der Waals surface area contributed by atoms with E-state index in [9.17, 15) is 14.4 Å². The Morgan fingerprint density at radius 3 is 1.33 bits per heavy atom. The molecule has 0 aromatic carbocycles. The van der Waals surface area contributed by atoms with Crippen LogP contribution in [-0.2, 0) is 22.8 Å². The number of ether oxygens (including phenoxy) is 1. The molecule has 214 valence electrons. The number of carbonyl (C=O) groups is 1. The van der Waals surface area contributed by atoms with Crippen LogP contribution in [0.4, 0.5) is 4.48 Å². The molecule has 1 aliphatic heterocycles. The lowest BCUT2D eigenvalue weighted by atomic mass is 9.95. The van der Waals surface area contributed by atoms with Gasteiger partial charge >= 0.3 is 5.97 Å². The van der Waals surface area contributed by atoms with E-state index in [1.807, 2.05) is 0 Å². The lowest BCUT2D eigenvalue weighted by Crippen LogP contribution is -2.68. The Hall–Kier alpha value is -0.149. The van der Waals surface area contributed by atoms with E-state index in [4.69, 9.17) is 18.0 Å². The lowest BCUT2D eigenvalue weighted by Gasteiger charge is -2.52. The van der Waals surface area contributed by atoms with Crippen LogP contribution in [0.5, 0.6) is 0 Å². The van der Waals surface area contributed by atoms with E-state index in [0.717, 1.165) is 54.4 Å². The summed E-state index contributed by atoms with van der Waals surface area (Å²) in [5.74, 6) is -1.09. The quantitative estimate of drug-likeness (QED) is 0.145. The average molecular weight is 568 g/mol. The van der Waals surface area contributed by atoms with Gasteiger partial charge in [0.1, 0.15) is 24.4 Å². The van der Waals surface area contributed by atoms with Crippen molar-refractivity contribution in [2.45, 2.75) is 147 Å². The number of carboxylic acid groups (broad SMARTS) is 1. The number of rotatable bonds is 18. The Kier molecular flexibility index (Phi) is 14.5. The summed E-state index contributed by atoms with van der Waals surface area (Å²) in [6.07, 6.45) is -4.01. The molecule has 2 N–H and O–H groups in total. The fourth-order valence-corrected chi connectivity index (χ4v) is 14.2. The smallest absolute Gasteiger partial charge is 0.335 e. The Bertz CT molecular complexity index is 624. The van der Waals surface area contributed by atoms with Crippen LogP contribution in [-0.4, -0.2) is 73.1 Å². The van der Waals surface area contributed by atoms with Gasteiger partial charge in [-0.25, -0.2) is 4.79 Å². The Labute approximate surface area is 222 Å². The highest BCUT2D eigenvalue weighted by Crippen LogP contribution is 2.39. The van der Waals surface area contributed by atoms with Gasteiger partial charge in [-0.15, -0.1) is 4.48 Å². The largest absolute Gasteiger partial charge is 0.479 e. The van der Waals surface area contributed by atoms with Crippen molar-refractivity contribution in [1.82, 2.24) is 5.54 Å². The van der Waals surface area contributed by atoms with E-state index >= 15 is 0 Å². The minimum atomic E-state index is -2.24. The molecule has 7 nitrogen and oxygen atoms in total. The molecule has 0 unspecified atom stereocenters. The zero-order chi connectivity index (χ0) is 27.6. The van der Waals surface area contributed by atoms with E-state index in [2.05, 4.69) is 62.3 Å². The van der Waals surface area contributed by atoms with Crippen molar-refractivity contribution in [3.63, 3.8) is 0 Å². The maximum atomic E-state index is 13.6. The first-order chi connectivity index (χ1) is 17.1. The summed E-state index contributed by atoms with van der Waals surface area (Å²) < 4.78 is 40.7. The molecule has 1 aliphatic rings. The van der Waals surface area contributed by atoms with Gasteiger partial charge in [-0.3, -0.25) is 0 Å². The SMILES string of the molecule is CC[Si](CC)(CC)O[C@@H]1[C@@H](O[Si](CC)(CC)CC)[C@H](CNF)O[C@H](C(=O)O)[C@@H]1O[Si](CC)(CC)CC. The molecule has 0 radical (unpaired) electrons. The van der Waals surface area contributed by atoms with Gasteiger partial charge in [-0.1, -0.05) is 62.3 Å². The van der Waals surface area contributed by atoms with Gasteiger partial charge in [0.15, 0.2) is 31.1 Å². The number of carboxylic acids is 1. The molecule has 36 heavy (non-hydrogen) atoms. The topological polar surface area (TPSA) is 86.2 Å². The molecule has 0 aromatic rings. The second-order valence-corrected chi connectivity index (χ2v) is 24.4. The highest BCUT2D eigenvalue weighted by molar-refractivity contribution is 6.74. The standard InChI is InChI=1S/C25H54FNO6Si3/c1-10-34(11-2,12-3)31-21-20(19-27-26)30-24(25(28)29)23(33-36(16-7,17-8)18-9)22(21)32-35(13-4,14-5)15-6/h20-24,27H,10-19H2,1-9H3,(H,28,29)/t20-,21-,22+,23+,24-/m0/s1. The van der Waals surface area contributed by atoms with Gasteiger partial charge < -0.3 is 23.1 Å². The molecule has 0 amide bonds. The van der Waals surface area contributed by atoms with Crippen molar-refractivity contribution in [2.24, 2.45) is 0 Å². The molecule has 5 atom stereocenters. The zero-order valence-corrected chi connectivity index (χ0v) is 27.3. The first-order valence-electron chi connectivity index (χ1n) is 14.3. The first kappa shape index (κ1) is 33.9. The number of hydrogen-bond donors (Lipinski definition) is 2. The maximum absolute atomic E-state index is 13.6. The second-order valence-electron chi connectivity index (χ2n) is 10.2. The van der Waals surface area contributed by atoms with E-state index in [1.54, 1.807) is 5.54 Å². The normalized spacial score (nSPS) is 25.8. The Morgan fingerprint density at radius 1 is 0.694 bits per heavy atom. The van der Waals surface area contributed by atoms with Crippen molar-refractivity contribution in [2.75, 3.05) is 6.54 Å². The van der Waals surface area contributed by atoms with Crippen molar-refractivity contribution in [3.05, 3.63) is 0 Å². The van der Waals surface area contributed by atoms with Crippen LogP contribution in [0.15, 0.2) is 0 Å². The Balaban J connectivity index is 3.78. The van der Waals surface area contributed by atoms with E-state index < -0.39 is 61.4 Å². The van der Waals surface area contributed by atoms with Crippen LogP contribution in [0.3, 0.4) is 0 Å². The summed E-state index contributed by atoms with van der Waals surface area (Å²) in [5, 5.41) is 10.3. The van der Waals surface area contributed by atoms with Gasteiger partial charge in [0.25, 0.3) is 0 Å². The number of nitrogens with one attached hydrogen (secondary N) is 1. The molecule has 1 saturated heterocycles. The van der Waals surface area contributed by atoms with E-state index in [-0.39, 0.29) is 6.54 Å². The molecule has 1 fully saturated rings. The van der Waals surface area contributed by atoms with Crippen molar-refractivity contribution in [3.8, 4) is 0 Å². The average Bonchev–Trinajstić information content (AvgIpc) is 2.91. The summed E-state index contributed by atoms with van der Waals surface area (Å²) in [7, 11) is -6.62. The number of halogens is 1. The third-order valence-corrected chi connectivity index (χ3v) is 23.0. The van der Waals surface area contributed by atoms with Crippen LogP contribution in [0.2, 0.25) is 54.4 Å². The van der Waals surface area contributed by atoms with Crippen LogP contribution in [0, 0.1) is 0 Å². The Morgan fingerprint density at radius 2 is 1.03 bits per heavy atom. The molecule has 1 heterocycles. The van der Waals surface area contributed by atoms with Crippen LogP contribution in [0.25, 0.3) is 0 Å². The molecule has 0 aromatic heterocycles. The van der Waals surface area contributed by atoms with Gasteiger partial charge in [-0.05, 0) is 54.4 Å². The third kappa shape index (κ3) is 7.71. The highest BCUT2D eigenvalue weighted by atomic mass is 28.4. The van der Waals surface area contributed by atoms with Gasteiger partial charge in [-0.2, -0.15) is 5.54 Å². The summed E-state index contributed by atoms with van der Waals surface area (Å²) in [5.41, 5.74) is 1.73. The minimum absolute atomic E-state index is 0.153. The molecular weight excluding hydrogens is 514 g/mol. The number of aliphatic carboxylic acids is 1. The summed E-state index contributed by atoms with van der Waals surface area (Å²) in [4.78, 5) is 12.6. The van der Waals surface area contributed by atoms with Crippen LogP contribution in [0.1, 0.15) is 62.3 Å². The van der Waals surface area contributed by atoms with Crippen molar-refractivity contribution >= 4 is 30.9 Å². The molecular formula is C25H54FNO6Si3. The van der Waals surface area contributed by atoms with Gasteiger partial charge in [0.05, 0.1) is 6.54 Å². The predicted octanol–water partition coefficient (Wildman–Crippen LogP) is 6.48. The predicted molar refractivity (Wildman–Crippen MR) is 152 cm³/mol.